The van der Waals surface area contributed by atoms with Gasteiger partial charge in [0, 0.05) is 5.57 Å². The van der Waals surface area contributed by atoms with Gasteiger partial charge in [-0.3, -0.25) is 14.5 Å². The molecule has 2 amide bonds. The van der Waals surface area contributed by atoms with Crippen molar-refractivity contribution < 1.29 is 28.6 Å². The molecular formula is C29H25ClN2O6. The number of halogens is 1. The number of hydrogen-bond acceptors (Lipinski definition) is 6. The van der Waals surface area contributed by atoms with E-state index in [1.165, 1.54) is 4.90 Å². The number of carbonyl (C=O) groups is 3. The van der Waals surface area contributed by atoms with Crippen LogP contribution in [-0.2, 0) is 30.2 Å². The minimum Gasteiger partial charge on any atom is -0.421 e. The Morgan fingerprint density at radius 2 is 1.53 bits per heavy atom. The van der Waals surface area contributed by atoms with Crippen molar-refractivity contribution in [3.8, 4) is 0 Å². The number of fused-ring (bicyclic) bond motifs is 1. The Labute approximate surface area is 224 Å². The molecule has 0 aromatic heterocycles. The van der Waals surface area contributed by atoms with Crippen LogP contribution >= 0.6 is 11.6 Å². The first-order valence-corrected chi connectivity index (χ1v) is 12.6. The first-order valence-electron chi connectivity index (χ1n) is 12.1. The molecule has 2 aliphatic heterocycles. The second-order valence-corrected chi connectivity index (χ2v) is 9.10. The summed E-state index contributed by atoms with van der Waals surface area (Å²) >= 11 is 6.07. The van der Waals surface area contributed by atoms with Gasteiger partial charge in [-0.25, -0.2) is 4.79 Å². The van der Waals surface area contributed by atoms with E-state index in [1.807, 2.05) is 91.0 Å². The van der Waals surface area contributed by atoms with Gasteiger partial charge in [0.1, 0.15) is 0 Å². The van der Waals surface area contributed by atoms with Gasteiger partial charge in [-0.05, 0) is 16.7 Å². The molecule has 2 aliphatic rings. The van der Waals surface area contributed by atoms with Crippen molar-refractivity contribution in [3.05, 3.63) is 119 Å². The number of alkyl halides is 1. The fourth-order valence-electron chi connectivity index (χ4n) is 4.41. The van der Waals surface area contributed by atoms with Crippen LogP contribution in [-0.4, -0.2) is 47.6 Å². The lowest BCUT2D eigenvalue weighted by Gasteiger charge is -2.49. The summed E-state index contributed by atoms with van der Waals surface area (Å²) in [6.45, 7) is 0.0341. The van der Waals surface area contributed by atoms with Gasteiger partial charge in [0.05, 0.1) is 18.9 Å². The van der Waals surface area contributed by atoms with E-state index in [2.05, 4.69) is 5.32 Å². The zero-order valence-corrected chi connectivity index (χ0v) is 21.0. The summed E-state index contributed by atoms with van der Waals surface area (Å²) in [7, 11) is 0. The summed E-state index contributed by atoms with van der Waals surface area (Å²) in [5.41, 5.74) is 2.75. The second kappa shape index (κ2) is 11.5. The lowest BCUT2D eigenvalue weighted by molar-refractivity contribution is -0.189. The van der Waals surface area contributed by atoms with Gasteiger partial charge in [0.2, 0.25) is 11.8 Å². The molecule has 0 aliphatic carbocycles. The number of amides is 2. The Balaban J connectivity index is 1.28. The number of hydrogen-bond donors (Lipinski definition) is 1. The van der Waals surface area contributed by atoms with Gasteiger partial charge in [-0.2, -0.15) is 0 Å². The van der Waals surface area contributed by atoms with Crippen LogP contribution in [0.2, 0.25) is 0 Å². The van der Waals surface area contributed by atoms with Crippen LogP contribution in [0.5, 0.6) is 0 Å². The maximum Gasteiger partial charge on any atom is 0.516 e. The van der Waals surface area contributed by atoms with Gasteiger partial charge < -0.3 is 19.5 Å². The molecule has 1 fully saturated rings. The number of benzene rings is 3. The van der Waals surface area contributed by atoms with Crippen LogP contribution < -0.4 is 5.32 Å². The molecular weight excluding hydrogens is 508 g/mol. The van der Waals surface area contributed by atoms with Crippen molar-refractivity contribution in [2.45, 2.75) is 24.8 Å². The van der Waals surface area contributed by atoms with Crippen LogP contribution in [0.25, 0.3) is 0 Å². The van der Waals surface area contributed by atoms with Gasteiger partial charge in [0.25, 0.3) is 5.91 Å². The Morgan fingerprint density at radius 1 is 0.947 bits per heavy atom. The fourth-order valence-corrected chi connectivity index (χ4v) is 4.60. The van der Waals surface area contributed by atoms with Gasteiger partial charge in [0.15, 0.2) is 18.4 Å². The van der Waals surface area contributed by atoms with E-state index in [0.717, 1.165) is 16.7 Å². The third-order valence-corrected chi connectivity index (χ3v) is 6.60. The molecule has 5 rings (SSSR count). The maximum atomic E-state index is 13.0. The molecule has 0 spiro atoms. The van der Waals surface area contributed by atoms with Crippen molar-refractivity contribution in [1.82, 2.24) is 10.2 Å². The minimum atomic E-state index is -0.995. The smallest absolute Gasteiger partial charge is 0.421 e. The molecule has 38 heavy (non-hydrogen) atoms. The van der Waals surface area contributed by atoms with Gasteiger partial charge >= 0.3 is 6.16 Å². The quantitative estimate of drug-likeness (QED) is 0.264. The van der Waals surface area contributed by atoms with E-state index in [0.29, 0.717) is 5.57 Å². The average molecular weight is 533 g/mol. The molecule has 2 heterocycles. The Kier molecular flexibility index (Phi) is 7.72. The topological polar surface area (TPSA) is 94.2 Å². The molecule has 0 unspecified atom stereocenters. The van der Waals surface area contributed by atoms with Crippen molar-refractivity contribution in [2.75, 3.05) is 12.5 Å². The Bertz CT molecular complexity index is 1290. The highest BCUT2D eigenvalue weighted by Gasteiger charge is 2.54. The molecule has 1 N–H and O–H groups in total. The lowest BCUT2D eigenvalue weighted by atomic mass is 10.0. The maximum absolute atomic E-state index is 13.0. The van der Waals surface area contributed by atoms with Crippen LogP contribution in [0.15, 0.2) is 102 Å². The van der Waals surface area contributed by atoms with Crippen LogP contribution in [0, 0.1) is 0 Å². The van der Waals surface area contributed by atoms with Crippen molar-refractivity contribution >= 4 is 29.6 Å². The highest BCUT2D eigenvalue weighted by atomic mass is 35.5. The number of carbonyl (C=O) groups excluding carboxylic acids is 3. The first-order chi connectivity index (χ1) is 18.5. The number of rotatable bonds is 8. The normalized spacial score (nSPS) is 18.5. The predicted octanol–water partition coefficient (Wildman–Crippen LogP) is 4.31. The zero-order valence-electron chi connectivity index (χ0n) is 20.3. The second-order valence-electron chi connectivity index (χ2n) is 8.83. The van der Waals surface area contributed by atoms with E-state index in [1.54, 1.807) is 0 Å². The monoisotopic (exact) mass is 532 g/mol. The number of β-lactam (4-membered cyclic amide) rings is 1. The molecule has 3 aromatic rings. The fraction of sp³-hybridized carbons (Fsp3) is 0.207. The Hall–Kier alpha value is -4.14. The summed E-state index contributed by atoms with van der Waals surface area (Å²) in [4.78, 5) is 39.8. The zero-order chi connectivity index (χ0) is 26.5. The summed E-state index contributed by atoms with van der Waals surface area (Å²) < 4.78 is 17.1. The summed E-state index contributed by atoms with van der Waals surface area (Å²) in [6, 6.07) is 26.8. The van der Waals surface area contributed by atoms with E-state index in [4.69, 9.17) is 25.8 Å². The molecule has 194 valence electrons. The Morgan fingerprint density at radius 3 is 2.11 bits per heavy atom. The molecule has 0 radical (unpaired) electrons. The molecule has 8 nitrogen and oxygen atoms in total. The number of nitrogens with zero attached hydrogens (tertiary/aromatic N) is 1. The van der Waals surface area contributed by atoms with E-state index in [-0.39, 0.29) is 30.7 Å². The van der Waals surface area contributed by atoms with E-state index in [9.17, 15) is 14.4 Å². The number of ether oxygens (including phenoxy) is 3. The third-order valence-electron chi connectivity index (χ3n) is 6.28. The molecule has 0 bridgehead atoms. The van der Waals surface area contributed by atoms with Crippen molar-refractivity contribution in [1.29, 1.82) is 0 Å². The summed E-state index contributed by atoms with van der Waals surface area (Å²) in [5.74, 6) is -0.838. The SMILES string of the molecule is O=C(Cc1ccccc1)N[C@@H]1C(=O)N2C(OC(=O)OC(c3ccccc3)c3ccccc3)=C(CCl)CO[C@H]12. The molecule has 9 heteroatoms. The van der Waals surface area contributed by atoms with Gasteiger partial charge in [-0.1, -0.05) is 91.0 Å². The highest BCUT2D eigenvalue weighted by molar-refractivity contribution is 6.19. The predicted molar refractivity (Wildman–Crippen MR) is 139 cm³/mol. The standard InChI is InChI=1S/C29H25ClN2O6/c30-17-22-18-36-28-24(31-23(33)16-19-10-4-1-5-11-19)26(34)32(28)27(22)38-29(35)37-25(20-12-6-2-7-13-20)21-14-8-3-9-15-21/h1-15,24-25,28H,16-18H2,(H,31,33)/t24-,28-/m1/s1. The molecule has 0 saturated carbocycles. The van der Waals surface area contributed by atoms with E-state index >= 15 is 0 Å². The lowest BCUT2D eigenvalue weighted by Crippen LogP contribution is -2.72. The molecule has 1 saturated heterocycles. The van der Waals surface area contributed by atoms with Gasteiger partial charge in [-0.15, -0.1) is 11.6 Å². The van der Waals surface area contributed by atoms with E-state index < -0.39 is 30.4 Å². The molecule has 2 atom stereocenters. The highest BCUT2D eigenvalue weighted by Crippen LogP contribution is 2.35. The number of nitrogens with one attached hydrogen (secondary N) is 1. The van der Waals surface area contributed by atoms with Crippen molar-refractivity contribution in [3.63, 3.8) is 0 Å². The summed E-state index contributed by atoms with van der Waals surface area (Å²) in [5, 5.41) is 2.71. The first kappa shape index (κ1) is 25.5. The van der Waals surface area contributed by atoms with Crippen molar-refractivity contribution in [2.24, 2.45) is 0 Å². The van der Waals surface area contributed by atoms with Crippen LogP contribution in [0.3, 0.4) is 0 Å². The summed E-state index contributed by atoms with van der Waals surface area (Å²) in [6.07, 6.45) is -2.42. The third kappa shape index (κ3) is 5.41. The average Bonchev–Trinajstić information content (AvgIpc) is 2.95. The van der Waals surface area contributed by atoms with Crippen LogP contribution in [0.1, 0.15) is 22.8 Å². The van der Waals surface area contributed by atoms with Crippen LogP contribution in [0.4, 0.5) is 4.79 Å². The minimum absolute atomic E-state index is 0.0229. The largest absolute Gasteiger partial charge is 0.516 e. The molecule has 3 aromatic carbocycles.